The smallest absolute Gasteiger partial charge is 0.253 e. The zero-order chi connectivity index (χ0) is 13.0. The third kappa shape index (κ3) is 3.31. The second-order valence-electron chi connectivity index (χ2n) is 4.12. The quantitative estimate of drug-likeness (QED) is 0.825. The fourth-order valence-electron chi connectivity index (χ4n) is 1.79. The van der Waals surface area contributed by atoms with Gasteiger partial charge in [-0.2, -0.15) is 0 Å². The van der Waals surface area contributed by atoms with Gasteiger partial charge in [-0.25, -0.2) is 4.39 Å². The van der Waals surface area contributed by atoms with Gasteiger partial charge in [-0.05, 0) is 31.2 Å². The number of hydrogen-bond acceptors (Lipinski definition) is 2. The summed E-state index contributed by atoms with van der Waals surface area (Å²) in [6.45, 7) is 2.27. The van der Waals surface area contributed by atoms with E-state index in [2.05, 4.69) is 16.7 Å². The second-order valence-corrected chi connectivity index (χ2v) is 4.53. The maximum atomic E-state index is 12.9. The van der Waals surface area contributed by atoms with Crippen molar-refractivity contribution in [2.75, 3.05) is 19.6 Å². The van der Waals surface area contributed by atoms with Crippen LogP contribution in [0.25, 0.3) is 0 Å². The molecule has 1 heterocycles. The standard InChI is InChI=1S/C13H14ClFN2O/c14-12-7-10(15)1-2-11(12)13(18)17-8-9-3-5-16-6-4-9/h1-3,7,16H,4-6,8H2,(H,17,18). The van der Waals surface area contributed by atoms with Crippen molar-refractivity contribution in [1.29, 1.82) is 0 Å². The van der Waals surface area contributed by atoms with Gasteiger partial charge in [-0.3, -0.25) is 4.79 Å². The number of rotatable bonds is 3. The topological polar surface area (TPSA) is 41.1 Å². The zero-order valence-electron chi connectivity index (χ0n) is 9.80. The van der Waals surface area contributed by atoms with Crippen LogP contribution >= 0.6 is 11.6 Å². The summed E-state index contributed by atoms with van der Waals surface area (Å²) >= 11 is 5.82. The zero-order valence-corrected chi connectivity index (χ0v) is 10.6. The summed E-state index contributed by atoms with van der Waals surface area (Å²) in [6, 6.07) is 3.76. The molecular weight excluding hydrogens is 255 g/mol. The Morgan fingerprint density at radius 2 is 2.33 bits per heavy atom. The monoisotopic (exact) mass is 268 g/mol. The van der Waals surface area contributed by atoms with Gasteiger partial charge in [0.1, 0.15) is 5.82 Å². The molecule has 1 aromatic rings. The van der Waals surface area contributed by atoms with Gasteiger partial charge in [-0.15, -0.1) is 0 Å². The highest BCUT2D eigenvalue weighted by molar-refractivity contribution is 6.33. The van der Waals surface area contributed by atoms with Crippen LogP contribution in [0.15, 0.2) is 29.8 Å². The molecule has 0 aromatic heterocycles. The molecule has 5 heteroatoms. The molecule has 1 aliphatic rings. The highest BCUT2D eigenvalue weighted by Crippen LogP contribution is 2.17. The number of hydrogen-bond donors (Lipinski definition) is 2. The Kier molecular flexibility index (Phi) is 4.33. The third-order valence-corrected chi connectivity index (χ3v) is 3.12. The summed E-state index contributed by atoms with van der Waals surface area (Å²) in [5.74, 6) is -0.725. The van der Waals surface area contributed by atoms with E-state index in [0.29, 0.717) is 12.1 Å². The lowest BCUT2D eigenvalue weighted by molar-refractivity contribution is 0.0956. The Bertz CT molecular complexity index is 488. The van der Waals surface area contributed by atoms with Crippen molar-refractivity contribution >= 4 is 17.5 Å². The van der Waals surface area contributed by atoms with Gasteiger partial charge in [0.15, 0.2) is 0 Å². The van der Waals surface area contributed by atoms with E-state index < -0.39 is 5.82 Å². The van der Waals surface area contributed by atoms with Crippen LogP contribution in [0.2, 0.25) is 5.02 Å². The van der Waals surface area contributed by atoms with Gasteiger partial charge in [0.2, 0.25) is 0 Å². The predicted octanol–water partition coefficient (Wildman–Crippen LogP) is 2.13. The van der Waals surface area contributed by atoms with E-state index in [-0.39, 0.29) is 10.9 Å². The molecule has 96 valence electrons. The first-order valence-electron chi connectivity index (χ1n) is 5.78. The normalized spacial score (nSPS) is 15.1. The lowest BCUT2D eigenvalue weighted by atomic mass is 10.1. The minimum atomic E-state index is -0.447. The first-order chi connectivity index (χ1) is 8.66. The molecule has 1 amide bonds. The van der Waals surface area contributed by atoms with Gasteiger partial charge < -0.3 is 10.6 Å². The molecule has 2 rings (SSSR count). The van der Waals surface area contributed by atoms with Crippen molar-refractivity contribution in [2.24, 2.45) is 0 Å². The van der Waals surface area contributed by atoms with E-state index in [0.717, 1.165) is 25.6 Å². The van der Waals surface area contributed by atoms with Crippen molar-refractivity contribution < 1.29 is 9.18 Å². The minimum Gasteiger partial charge on any atom is -0.348 e. The molecule has 3 nitrogen and oxygen atoms in total. The number of amides is 1. The fraction of sp³-hybridized carbons (Fsp3) is 0.308. The van der Waals surface area contributed by atoms with Crippen LogP contribution in [0.4, 0.5) is 4.39 Å². The Hall–Kier alpha value is -1.39. The summed E-state index contributed by atoms with van der Waals surface area (Å²) in [7, 11) is 0. The van der Waals surface area contributed by atoms with Crippen LogP contribution in [0.5, 0.6) is 0 Å². The van der Waals surface area contributed by atoms with Crippen molar-refractivity contribution in [2.45, 2.75) is 6.42 Å². The molecule has 0 saturated carbocycles. The molecule has 0 radical (unpaired) electrons. The Labute approximate surface area is 110 Å². The van der Waals surface area contributed by atoms with Gasteiger partial charge in [0.05, 0.1) is 10.6 Å². The molecule has 1 aromatic carbocycles. The number of benzene rings is 1. The van der Waals surface area contributed by atoms with Crippen molar-refractivity contribution in [3.63, 3.8) is 0 Å². The van der Waals surface area contributed by atoms with Crippen LogP contribution in [0.3, 0.4) is 0 Å². The Balaban J connectivity index is 1.97. The van der Waals surface area contributed by atoms with Gasteiger partial charge >= 0.3 is 0 Å². The highest BCUT2D eigenvalue weighted by atomic mass is 35.5. The molecule has 0 fully saturated rings. The molecular formula is C13H14ClFN2O. The fourth-order valence-corrected chi connectivity index (χ4v) is 2.05. The summed E-state index contributed by atoms with van der Waals surface area (Å²) < 4.78 is 12.9. The number of halogens is 2. The van der Waals surface area contributed by atoms with Crippen LogP contribution in [-0.4, -0.2) is 25.5 Å². The number of carbonyl (C=O) groups excluding carboxylic acids is 1. The van der Waals surface area contributed by atoms with E-state index in [4.69, 9.17) is 11.6 Å². The number of nitrogens with one attached hydrogen (secondary N) is 2. The van der Waals surface area contributed by atoms with Crippen molar-refractivity contribution in [3.8, 4) is 0 Å². The SMILES string of the molecule is O=C(NCC1=CCNCC1)c1ccc(F)cc1Cl. The maximum absolute atomic E-state index is 12.9. The molecule has 0 spiro atoms. The lowest BCUT2D eigenvalue weighted by Crippen LogP contribution is -2.29. The average molecular weight is 269 g/mol. The summed E-state index contributed by atoms with van der Waals surface area (Å²) in [4.78, 5) is 11.9. The first kappa shape index (κ1) is 13.1. The largest absolute Gasteiger partial charge is 0.348 e. The Morgan fingerprint density at radius 1 is 1.50 bits per heavy atom. The summed E-state index contributed by atoms with van der Waals surface area (Å²) in [6.07, 6.45) is 2.99. The van der Waals surface area contributed by atoms with E-state index in [1.54, 1.807) is 0 Å². The molecule has 0 atom stereocenters. The minimum absolute atomic E-state index is 0.131. The van der Waals surface area contributed by atoms with Gasteiger partial charge in [-0.1, -0.05) is 23.3 Å². The molecule has 0 unspecified atom stereocenters. The highest BCUT2D eigenvalue weighted by Gasteiger charge is 2.11. The molecule has 18 heavy (non-hydrogen) atoms. The first-order valence-corrected chi connectivity index (χ1v) is 6.16. The van der Waals surface area contributed by atoms with Gasteiger partial charge in [0, 0.05) is 13.1 Å². The molecule has 0 saturated heterocycles. The summed E-state index contributed by atoms with van der Waals surface area (Å²) in [5.41, 5.74) is 1.49. The van der Waals surface area contributed by atoms with Crippen molar-refractivity contribution in [3.05, 3.63) is 46.3 Å². The Morgan fingerprint density at radius 3 is 3.00 bits per heavy atom. The van der Waals surface area contributed by atoms with Crippen LogP contribution in [0, 0.1) is 5.82 Å². The predicted molar refractivity (Wildman–Crippen MR) is 69.3 cm³/mol. The van der Waals surface area contributed by atoms with Crippen molar-refractivity contribution in [1.82, 2.24) is 10.6 Å². The van der Waals surface area contributed by atoms with E-state index in [1.165, 1.54) is 17.7 Å². The molecule has 0 bridgehead atoms. The van der Waals surface area contributed by atoms with Gasteiger partial charge in [0.25, 0.3) is 5.91 Å². The number of carbonyl (C=O) groups is 1. The average Bonchev–Trinajstić information content (AvgIpc) is 2.37. The second kappa shape index (κ2) is 5.98. The van der Waals surface area contributed by atoms with E-state index in [1.807, 2.05) is 0 Å². The van der Waals surface area contributed by atoms with Crippen LogP contribution in [0.1, 0.15) is 16.8 Å². The van der Waals surface area contributed by atoms with E-state index in [9.17, 15) is 9.18 Å². The molecule has 1 aliphatic heterocycles. The van der Waals surface area contributed by atoms with E-state index >= 15 is 0 Å². The maximum Gasteiger partial charge on any atom is 0.253 e. The molecule has 0 aliphatic carbocycles. The lowest BCUT2D eigenvalue weighted by Gasteiger charge is -2.14. The summed E-state index contributed by atoms with van der Waals surface area (Å²) in [5, 5.41) is 6.12. The van der Waals surface area contributed by atoms with Crippen LogP contribution in [-0.2, 0) is 0 Å². The molecule has 2 N–H and O–H groups in total. The van der Waals surface area contributed by atoms with Crippen LogP contribution < -0.4 is 10.6 Å². The third-order valence-electron chi connectivity index (χ3n) is 2.81.